The number of aliphatic hydroxyl groups is 3. The number of unbranched alkanes of at least 4 members (excludes halogenated alkanes) is 1. The maximum atomic E-state index is 11.9. The van der Waals surface area contributed by atoms with Crippen LogP contribution in [0, 0.1) is 0 Å². The lowest BCUT2D eigenvalue weighted by atomic mass is 10.3. The summed E-state index contributed by atoms with van der Waals surface area (Å²) in [6, 6.07) is 0. The van der Waals surface area contributed by atoms with Crippen LogP contribution in [-0.2, 0) is 4.74 Å². The van der Waals surface area contributed by atoms with Gasteiger partial charge in [-0.2, -0.15) is 4.73 Å². The zero-order valence-electron chi connectivity index (χ0n) is 13.0. The molecule has 0 radical (unpaired) electrons. The number of nitrogens with two attached hydrogens (primary N) is 1. The second-order valence-corrected chi connectivity index (χ2v) is 4.75. The molecule has 1 heterocycles. The first-order chi connectivity index (χ1) is 11.1. The molecular formula is C13H24N4O6. The van der Waals surface area contributed by atoms with Crippen LogP contribution in [-0.4, -0.2) is 69.7 Å². The molecule has 6 N–H and O–H groups in total. The van der Waals surface area contributed by atoms with E-state index in [2.05, 4.69) is 10.3 Å². The zero-order chi connectivity index (χ0) is 17.2. The second-order valence-electron chi connectivity index (χ2n) is 4.75. The maximum absolute atomic E-state index is 11.9. The van der Waals surface area contributed by atoms with E-state index in [1.54, 1.807) is 0 Å². The van der Waals surface area contributed by atoms with Crippen LogP contribution in [0.3, 0.4) is 0 Å². The maximum Gasteiger partial charge on any atom is 0.273 e. The van der Waals surface area contributed by atoms with Gasteiger partial charge in [0.25, 0.3) is 5.91 Å². The largest absolute Gasteiger partial charge is 0.394 e. The molecule has 1 atom stereocenters. The molecule has 0 saturated heterocycles. The topological polar surface area (TPSA) is 152 Å². The standard InChI is InChI=1S/C13H24N4O6/c1-2-3-4-15-13(21)11-12(14)17(8-16-11)23-10(7-20)22-9(5-18)6-19/h8-10,18-20H,2-7,14H2,1H3,(H,15,21). The van der Waals surface area contributed by atoms with E-state index in [4.69, 9.17) is 25.5 Å². The molecule has 1 rings (SSSR count). The fourth-order valence-electron chi connectivity index (χ4n) is 1.65. The summed E-state index contributed by atoms with van der Waals surface area (Å²) in [6.45, 7) is 1.08. The molecule has 1 aromatic heterocycles. The predicted molar refractivity (Wildman–Crippen MR) is 80.4 cm³/mol. The Hall–Kier alpha value is -1.88. The predicted octanol–water partition coefficient (Wildman–Crippen LogP) is -1.89. The van der Waals surface area contributed by atoms with Crippen LogP contribution in [0.1, 0.15) is 30.3 Å². The molecular weight excluding hydrogens is 308 g/mol. The van der Waals surface area contributed by atoms with Crippen LogP contribution >= 0.6 is 0 Å². The molecule has 0 aromatic carbocycles. The number of nitrogen functional groups attached to an aromatic ring is 1. The number of imidazole rings is 1. The van der Waals surface area contributed by atoms with E-state index in [1.165, 1.54) is 6.33 Å². The fraction of sp³-hybridized carbons (Fsp3) is 0.692. The molecule has 1 unspecified atom stereocenters. The molecule has 0 fully saturated rings. The lowest BCUT2D eigenvalue weighted by Gasteiger charge is -2.21. The third kappa shape index (κ3) is 5.67. The molecule has 10 heteroatoms. The molecule has 23 heavy (non-hydrogen) atoms. The number of ether oxygens (including phenoxy) is 1. The minimum Gasteiger partial charge on any atom is -0.394 e. The first-order valence-electron chi connectivity index (χ1n) is 7.33. The lowest BCUT2D eigenvalue weighted by molar-refractivity contribution is -0.201. The van der Waals surface area contributed by atoms with Crippen LogP contribution in [0.25, 0.3) is 0 Å². The highest BCUT2D eigenvalue weighted by atomic mass is 16.8. The number of aliphatic hydroxyl groups excluding tert-OH is 3. The third-order valence-corrected chi connectivity index (χ3v) is 2.93. The number of hydrogen-bond acceptors (Lipinski definition) is 8. The molecule has 10 nitrogen and oxygen atoms in total. The summed E-state index contributed by atoms with van der Waals surface area (Å²) in [5.41, 5.74) is 5.78. The third-order valence-electron chi connectivity index (χ3n) is 2.93. The van der Waals surface area contributed by atoms with E-state index < -0.39 is 38.1 Å². The van der Waals surface area contributed by atoms with Gasteiger partial charge in [-0.15, -0.1) is 0 Å². The zero-order valence-corrected chi connectivity index (χ0v) is 13.0. The fourth-order valence-corrected chi connectivity index (χ4v) is 1.65. The van der Waals surface area contributed by atoms with Gasteiger partial charge in [0, 0.05) is 6.54 Å². The highest BCUT2D eigenvalue weighted by molar-refractivity contribution is 5.96. The van der Waals surface area contributed by atoms with Crippen LogP contribution in [0.2, 0.25) is 0 Å². The summed E-state index contributed by atoms with van der Waals surface area (Å²) < 4.78 is 6.12. The van der Waals surface area contributed by atoms with Crippen LogP contribution in [0.4, 0.5) is 5.82 Å². The van der Waals surface area contributed by atoms with Gasteiger partial charge in [-0.25, -0.2) is 4.98 Å². The van der Waals surface area contributed by atoms with Gasteiger partial charge >= 0.3 is 0 Å². The van der Waals surface area contributed by atoms with Crippen molar-refractivity contribution in [3.8, 4) is 0 Å². The van der Waals surface area contributed by atoms with Crippen LogP contribution < -0.4 is 15.9 Å². The molecule has 0 aliphatic heterocycles. The number of aromatic nitrogens is 2. The van der Waals surface area contributed by atoms with Crippen LogP contribution in [0.15, 0.2) is 6.33 Å². The Labute approximate surface area is 133 Å². The van der Waals surface area contributed by atoms with Crippen molar-refractivity contribution in [2.45, 2.75) is 32.2 Å². The lowest BCUT2D eigenvalue weighted by Crippen LogP contribution is -2.38. The highest BCUT2D eigenvalue weighted by Crippen LogP contribution is 2.10. The molecule has 1 amide bonds. The molecule has 0 saturated carbocycles. The van der Waals surface area contributed by atoms with Crippen LogP contribution in [0.5, 0.6) is 0 Å². The number of amides is 1. The first-order valence-corrected chi connectivity index (χ1v) is 7.33. The summed E-state index contributed by atoms with van der Waals surface area (Å²) in [7, 11) is 0. The first kappa shape index (κ1) is 19.2. The van der Waals surface area contributed by atoms with Gasteiger partial charge in [0.15, 0.2) is 11.5 Å². The van der Waals surface area contributed by atoms with E-state index in [9.17, 15) is 9.90 Å². The minimum absolute atomic E-state index is 0.00124. The number of carbonyl (C=O) groups is 1. The van der Waals surface area contributed by atoms with Gasteiger partial charge in [0.2, 0.25) is 6.29 Å². The Morgan fingerprint density at radius 1 is 1.39 bits per heavy atom. The van der Waals surface area contributed by atoms with Gasteiger partial charge in [-0.05, 0) is 6.42 Å². The van der Waals surface area contributed by atoms with Gasteiger partial charge in [-0.3, -0.25) is 4.79 Å². The number of hydrogen-bond donors (Lipinski definition) is 5. The monoisotopic (exact) mass is 332 g/mol. The SMILES string of the molecule is CCCCNC(=O)c1ncn(OC(CO)OC(CO)CO)c1N. The number of nitrogens with one attached hydrogen (secondary N) is 1. The number of carbonyl (C=O) groups excluding carboxylic acids is 1. The molecule has 1 aromatic rings. The molecule has 0 aliphatic carbocycles. The van der Waals surface area contributed by atoms with E-state index in [1.807, 2.05) is 6.92 Å². The van der Waals surface area contributed by atoms with Crippen molar-refractivity contribution in [2.75, 3.05) is 32.1 Å². The number of anilines is 1. The normalized spacial score (nSPS) is 12.4. The summed E-state index contributed by atoms with van der Waals surface area (Å²) >= 11 is 0. The van der Waals surface area contributed by atoms with Crippen molar-refractivity contribution in [1.82, 2.24) is 15.0 Å². The van der Waals surface area contributed by atoms with Crippen molar-refractivity contribution < 1.29 is 29.7 Å². The van der Waals surface area contributed by atoms with Crippen molar-refractivity contribution in [2.24, 2.45) is 0 Å². The van der Waals surface area contributed by atoms with Crippen molar-refractivity contribution >= 4 is 11.7 Å². The molecule has 0 aliphatic rings. The van der Waals surface area contributed by atoms with Crippen molar-refractivity contribution in [3.63, 3.8) is 0 Å². The average Bonchev–Trinajstić information content (AvgIpc) is 2.92. The van der Waals surface area contributed by atoms with Gasteiger partial charge < -0.3 is 35.9 Å². The Morgan fingerprint density at radius 3 is 2.65 bits per heavy atom. The molecule has 0 bridgehead atoms. The minimum atomic E-state index is -1.19. The van der Waals surface area contributed by atoms with E-state index in [0.29, 0.717) is 6.54 Å². The van der Waals surface area contributed by atoms with Gasteiger partial charge in [-0.1, -0.05) is 13.3 Å². The Bertz CT molecular complexity index is 477. The average molecular weight is 332 g/mol. The highest BCUT2D eigenvalue weighted by Gasteiger charge is 2.21. The quantitative estimate of drug-likeness (QED) is 0.233. The Kier molecular flexibility index (Phi) is 8.33. The van der Waals surface area contributed by atoms with E-state index in [-0.39, 0.29) is 11.5 Å². The van der Waals surface area contributed by atoms with Gasteiger partial charge in [0.1, 0.15) is 19.0 Å². The van der Waals surface area contributed by atoms with Crippen molar-refractivity contribution in [1.29, 1.82) is 0 Å². The number of nitrogens with zero attached hydrogens (tertiary/aromatic N) is 2. The van der Waals surface area contributed by atoms with Gasteiger partial charge in [0.05, 0.1) is 13.2 Å². The molecule has 132 valence electrons. The molecule has 0 spiro atoms. The van der Waals surface area contributed by atoms with Crippen molar-refractivity contribution in [3.05, 3.63) is 12.0 Å². The summed E-state index contributed by atoms with van der Waals surface area (Å²) in [4.78, 5) is 21.0. The van der Waals surface area contributed by atoms with E-state index >= 15 is 0 Å². The second kappa shape index (κ2) is 10.0. The Morgan fingerprint density at radius 2 is 2.09 bits per heavy atom. The summed E-state index contributed by atoms with van der Waals surface area (Å²) in [6.07, 6.45) is 0.857. The Balaban J connectivity index is 2.68. The summed E-state index contributed by atoms with van der Waals surface area (Å²) in [5, 5.41) is 29.8. The van der Waals surface area contributed by atoms with E-state index in [0.717, 1.165) is 17.6 Å². The number of rotatable bonds is 11. The smallest absolute Gasteiger partial charge is 0.273 e. The summed E-state index contributed by atoms with van der Waals surface area (Å²) in [5.74, 6) is -0.478.